The van der Waals surface area contributed by atoms with Gasteiger partial charge in [-0.05, 0) is 38.0 Å². The van der Waals surface area contributed by atoms with E-state index in [2.05, 4.69) is 25.2 Å². The van der Waals surface area contributed by atoms with Crippen molar-refractivity contribution in [1.29, 1.82) is 0 Å². The minimum atomic E-state index is 0.0794. The molecule has 3 atom stereocenters. The normalized spacial score (nSPS) is 30.7. The topological polar surface area (TPSA) is 39.7 Å². The molecular weight excluding hydrogens is 242 g/mol. The van der Waals surface area contributed by atoms with Crippen molar-refractivity contribution in [3.63, 3.8) is 0 Å². The van der Waals surface area contributed by atoms with Gasteiger partial charge in [-0.2, -0.15) is 0 Å². The fourth-order valence-corrected chi connectivity index (χ4v) is 2.73. The van der Waals surface area contributed by atoms with E-state index >= 15 is 0 Å². The van der Waals surface area contributed by atoms with Crippen LogP contribution in [0.1, 0.15) is 31.9 Å². The number of ether oxygens (including phenoxy) is 3. The van der Waals surface area contributed by atoms with Crippen LogP contribution in [-0.4, -0.2) is 31.9 Å². The van der Waals surface area contributed by atoms with Gasteiger partial charge in [0.1, 0.15) is 13.2 Å². The first-order valence-corrected chi connectivity index (χ1v) is 7.01. The van der Waals surface area contributed by atoms with E-state index in [1.165, 1.54) is 0 Å². The van der Waals surface area contributed by atoms with E-state index < -0.39 is 0 Å². The number of benzene rings is 1. The Hall–Kier alpha value is -1.26. The second-order valence-electron chi connectivity index (χ2n) is 5.38. The van der Waals surface area contributed by atoms with Gasteiger partial charge in [-0.25, -0.2) is 0 Å². The first-order valence-electron chi connectivity index (χ1n) is 7.01. The predicted molar refractivity (Wildman–Crippen MR) is 72.8 cm³/mol. The second-order valence-corrected chi connectivity index (χ2v) is 5.38. The number of fused-ring (bicyclic) bond motifs is 1. The van der Waals surface area contributed by atoms with Crippen molar-refractivity contribution < 1.29 is 14.2 Å². The van der Waals surface area contributed by atoms with Crippen LogP contribution in [0.15, 0.2) is 18.2 Å². The molecule has 0 spiro atoms. The minimum Gasteiger partial charge on any atom is -0.486 e. The molecule has 4 nitrogen and oxygen atoms in total. The van der Waals surface area contributed by atoms with E-state index in [0.29, 0.717) is 19.3 Å². The van der Waals surface area contributed by atoms with Crippen molar-refractivity contribution in [2.45, 2.75) is 38.5 Å². The highest BCUT2D eigenvalue weighted by atomic mass is 16.6. The quantitative estimate of drug-likeness (QED) is 0.844. The lowest BCUT2D eigenvalue weighted by atomic mass is 10.1. The van der Waals surface area contributed by atoms with Crippen LogP contribution in [0.3, 0.4) is 0 Å². The number of hydrogen-bond acceptors (Lipinski definition) is 4. The Labute approximate surface area is 114 Å². The highest BCUT2D eigenvalue weighted by Crippen LogP contribution is 2.34. The summed E-state index contributed by atoms with van der Waals surface area (Å²) in [6.07, 6.45) is 1.39. The van der Waals surface area contributed by atoms with E-state index in [4.69, 9.17) is 14.2 Å². The van der Waals surface area contributed by atoms with Gasteiger partial charge in [0, 0.05) is 12.6 Å². The van der Waals surface area contributed by atoms with Crippen LogP contribution in [0.4, 0.5) is 0 Å². The fraction of sp³-hybridized carbons (Fsp3) is 0.600. The molecule has 2 heterocycles. The van der Waals surface area contributed by atoms with E-state index in [9.17, 15) is 0 Å². The fourth-order valence-electron chi connectivity index (χ4n) is 2.73. The standard InChI is InChI=1S/C15H21NO3/c1-10-7-11(2)19-15(9-16-10)12-3-4-13-14(8-12)18-6-5-17-13/h3-4,8,10-11,15-16H,5-7,9H2,1-2H3. The van der Waals surface area contributed by atoms with Gasteiger partial charge in [-0.3, -0.25) is 0 Å². The summed E-state index contributed by atoms with van der Waals surface area (Å²) in [6.45, 7) is 6.42. The smallest absolute Gasteiger partial charge is 0.161 e. The van der Waals surface area contributed by atoms with Gasteiger partial charge in [0.15, 0.2) is 11.5 Å². The Bertz CT molecular complexity index is 449. The van der Waals surface area contributed by atoms with Gasteiger partial charge in [0.25, 0.3) is 0 Å². The van der Waals surface area contributed by atoms with E-state index in [0.717, 1.165) is 30.0 Å². The van der Waals surface area contributed by atoms with Crippen LogP contribution in [0.5, 0.6) is 11.5 Å². The molecular formula is C15H21NO3. The van der Waals surface area contributed by atoms with Gasteiger partial charge >= 0.3 is 0 Å². The summed E-state index contributed by atoms with van der Waals surface area (Å²) in [5.41, 5.74) is 1.15. The second kappa shape index (κ2) is 5.39. The molecule has 4 heteroatoms. The maximum atomic E-state index is 6.10. The zero-order valence-corrected chi connectivity index (χ0v) is 11.5. The number of nitrogens with one attached hydrogen (secondary N) is 1. The third-order valence-corrected chi connectivity index (χ3v) is 3.67. The third-order valence-electron chi connectivity index (χ3n) is 3.67. The van der Waals surface area contributed by atoms with Crippen LogP contribution < -0.4 is 14.8 Å². The molecule has 0 aromatic heterocycles. The third kappa shape index (κ3) is 2.85. The van der Waals surface area contributed by atoms with Gasteiger partial charge in [-0.1, -0.05) is 6.07 Å². The molecule has 0 radical (unpaired) electrons. The van der Waals surface area contributed by atoms with Crippen molar-refractivity contribution in [3.05, 3.63) is 23.8 Å². The maximum absolute atomic E-state index is 6.10. The average molecular weight is 263 g/mol. The maximum Gasteiger partial charge on any atom is 0.161 e. The van der Waals surface area contributed by atoms with Crippen molar-refractivity contribution >= 4 is 0 Å². The Balaban J connectivity index is 1.81. The Morgan fingerprint density at radius 1 is 1.11 bits per heavy atom. The first-order chi connectivity index (χ1) is 9.22. The summed E-state index contributed by atoms with van der Waals surface area (Å²) in [7, 11) is 0. The molecule has 3 unspecified atom stereocenters. The summed E-state index contributed by atoms with van der Waals surface area (Å²) in [4.78, 5) is 0. The van der Waals surface area contributed by atoms with Crippen LogP contribution in [-0.2, 0) is 4.74 Å². The summed E-state index contributed by atoms with van der Waals surface area (Å²) in [5, 5.41) is 3.51. The molecule has 104 valence electrons. The predicted octanol–water partition coefficient (Wildman–Crippen LogP) is 2.29. The van der Waals surface area contributed by atoms with Crippen LogP contribution in [0.2, 0.25) is 0 Å². The summed E-state index contributed by atoms with van der Waals surface area (Å²) < 4.78 is 17.3. The molecule has 0 aliphatic carbocycles. The van der Waals surface area contributed by atoms with Gasteiger partial charge in [0.2, 0.25) is 0 Å². The molecule has 2 aliphatic rings. The monoisotopic (exact) mass is 263 g/mol. The van der Waals surface area contributed by atoms with Crippen molar-refractivity contribution in [2.24, 2.45) is 0 Å². The summed E-state index contributed by atoms with van der Waals surface area (Å²) >= 11 is 0. The molecule has 1 saturated heterocycles. The summed E-state index contributed by atoms with van der Waals surface area (Å²) in [6, 6.07) is 6.59. The number of hydrogen-bond donors (Lipinski definition) is 1. The molecule has 3 rings (SSSR count). The highest BCUT2D eigenvalue weighted by Gasteiger charge is 2.23. The van der Waals surface area contributed by atoms with Gasteiger partial charge in [-0.15, -0.1) is 0 Å². The molecule has 1 fully saturated rings. The average Bonchev–Trinajstić information content (AvgIpc) is 2.59. The first kappa shape index (κ1) is 12.8. The zero-order valence-electron chi connectivity index (χ0n) is 11.5. The Kier molecular flexibility index (Phi) is 3.62. The van der Waals surface area contributed by atoms with Crippen molar-refractivity contribution in [3.8, 4) is 11.5 Å². The van der Waals surface area contributed by atoms with E-state index in [1.807, 2.05) is 12.1 Å². The lowest BCUT2D eigenvalue weighted by Gasteiger charge is -2.22. The van der Waals surface area contributed by atoms with E-state index in [1.54, 1.807) is 0 Å². The lowest BCUT2D eigenvalue weighted by Crippen LogP contribution is -2.28. The highest BCUT2D eigenvalue weighted by molar-refractivity contribution is 5.44. The summed E-state index contributed by atoms with van der Waals surface area (Å²) in [5.74, 6) is 1.66. The zero-order chi connectivity index (χ0) is 13.2. The molecule has 1 aromatic carbocycles. The molecule has 2 aliphatic heterocycles. The molecule has 0 saturated carbocycles. The largest absolute Gasteiger partial charge is 0.486 e. The molecule has 0 bridgehead atoms. The molecule has 1 N–H and O–H groups in total. The molecule has 19 heavy (non-hydrogen) atoms. The Morgan fingerprint density at radius 3 is 2.74 bits per heavy atom. The van der Waals surface area contributed by atoms with Crippen LogP contribution in [0, 0.1) is 0 Å². The number of rotatable bonds is 1. The SMILES string of the molecule is CC1CC(C)OC(c2ccc3c(c2)OCCO3)CN1. The van der Waals surface area contributed by atoms with E-state index in [-0.39, 0.29) is 12.2 Å². The van der Waals surface area contributed by atoms with Crippen molar-refractivity contribution in [1.82, 2.24) is 5.32 Å². The van der Waals surface area contributed by atoms with Gasteiger partial charge in [0.05, 0.1) is 12.2 Å². The molecule has 0 amide bonds. The minimum absolute atomic E-state index is 0.0794. The van der Waals surface area contributed by atoms with Gasteiger partial charge < -0.3 is 19.5 Å². The van der Waals surface area contributed by atoms with Crippen LogP contribution >= 0.6 is 0 Å². The van der Waals surface area contributed by atoms with Crippen LogP contribution in [0.25, 0.3) is 0 Å². The lowest BCUT2D eigenvalue weighted by molar-refractivity contribution is 0.00694. The van der Waals surface area contributed by atoms with Crippen molar-refractivity contribution in [2.75, 3.05) is 19.8 Å². The Morgan fingerprint density at radius 2 is 1.89 bits per heavy atom. The molecule has 1 aromatic rings.